The quantitative estimate of drug-likeness (QED) is 0.837. The lowest BCUT2D eigenvalue weighted by molar-refractivity contribution is -0.138. The second kappa shape index (κ2) is 6.56. The van der Waals surface area contributed by atoms with E-state index in [0.29, 0.717) is 17.9 Å². The molecule has 0 fully saturated rings. The SMILES string of the molecule is CCOC(=O)C1=C(C)NC(C)=CC1c1ccc(O)c(OC)c1. The lowest BCUT2D eigenvalue weighted by atomic mass is 9.86. The molecule has 0 radical (unpaired) electrons. The number of allylic oxidation sites excluding steroid dienone is 3. The van der Waals surface area contributed by atoms with Crippen molar-refractivity contribution in [3.63, 3.8) is 0 Å². The fourth-order valence-corrected chi connectivity index (χ4v) is 2.61. The van der Waals surface area contributed by atoms with E-state index in [1.54, 1.807) is 25.1 Å². The van der Waals surface area contributed by atoms with Crippen molar-refractivity contribution in [1.82, 2.24) is 5.32 Å². The molecular weight excluding hydrogens is 282 g/mol. The summed E-state index contributed by atoms with van der Waals surface area (Å²) in [6, 6.07) is 5.09. The molecule has 5 nitrogen and oxygen atoms in total. The molecular formula is C17H21NO4. The zero-order valence-electron chi connectivity index (χ0n) is 13.3. The number of hydrogen-bond donors (Lipinski definition) is 2. The van der Waals surface area contributed by atoms with Gasteiger partial charge in [-0.2, -0.15) is 0 Å². The predicted molar refractivity (Wildman–Crippen MR) is 83.6 cm³/mol. The van der Waals surface area contributed by atoms with E-state index < -0.39 is 0 Å². The van der Waals surface area contributed by atoms with Gasteiger partial charge in [0.25, 0.3) is 0 Å². The highest BCUT2D eigenvalue weighted by Gasteiger charge is 2.28. The molecule has 0 saturated carbocycles. The smallest absolute Gasteiger partial charge is 0.336 e. The molecule has 0 amide bonds. The average Bonchev–Trinajstić information content (AvgIpc) is 2.47. The number of dihydropyridines is 1. The molecule has 2 N–H and O–H groups in total. The molecule has 1 atom stereocenters. The maximum absolute atomic E-state index is 12.3. The Kier molecular flexibility index (Phi) is 4.75. The Balaban J connectivity index is 2.49. The fourth-order valence-electron chi connectivity index (χ4n) is 2.61. The maximum Gasteiger partial charge on any atom is 0.336 e. The van der Waals surface area contributed by atoms with Gasteiger partial charge in [-0.25, -0.2) is 4.79 Å². The Morgan fingerprint density at radius 2 is 2.09 bits per heavy atom. The Morgan fingerprint density at radius 1 is 1.36 bits per heavy atom. The highest BCUT2D eigenvalue weighted by Crippen LogP contribution is 2.36. The summed E-state index contributed by atoms with van der Waals surface area (Å²) in [5.41, 5.74) is 3.16. The van der Waals surface area contributed by atoms with E-state index in [1.807, 2.05) is 19.9 Å². The summed E-state index contributed by atoms with van der Waals surface area (Å²) in [6.07, 6.45) is 1.96. The molecule has 1 aromatic carbocycles. The van der Waals surface area contributed by atoms with E-state index in [-0.39, 0.29) is 17.6 Å². The summed E-state index contributed by atoms with van der Waals surface area (Å²) in [6.45, 7) is 5.90. The molecule has 5 heteroatoms. The standard InChI is InChI=1S/C17H21NO4/c1-5-22-17(20)16-11(3)18-10(2)8-13(16)12-6-7-14(19)15(9-12)21-4/h6-9,13,18-19H,5H2,1-4H3. The van der Waals surface area contributed by atoms with Crippen LogP contribution in [0.3, 0.4) is 0 Å². The second-order valence-corrected chi connectivity index (χ2v) is 5.14. The minimum atomic E-state index is -0.340. The van der Waals surface area contributed by atoms with Gasteiger partial charge in [-0.3, -0.25) is 0 Å². The third-order valence-electron chi connectivity index (χ3n) is 3.57. The van der Waals surface area contributed by atoms with Crippen LogP contribution in [0, 0.1) is 0 Å². The molecule has 0 aromatic heterocycles. The van der Waals surface area contributed by atoms with Crippen molar-refractivity contribution in [2.45, 2.75) is 26.7 Å². The summed E-state index contributed by atoms with van der Waals surface area (Å²) < 4.78 is 10.3. The van der Waals surface area contributed by atoms with Crippen LogP contribution in [0.1, 0.15) is 32.3 Å². The van der Waals surface area contributed by atoms with Crippen LogP contribution in [0.2, 0.25) is 0 Å². The van der Waals surface area contributed by atoms with Crippen LogP contribution in [0.25, 0.3) is 0 Å². The molecule has 0 bridgehead atoms. The van der Waals surface area contributed by atoms with E-state index in [4.69, 9.17) is 9.47 Å². The third kappa shape index (κ3) is 3.08. The van der Waals surface area contributed by atoms with Crippen LogP contribution in [0.4, 0.5) is 0 Å². The van der Waals surface area contributed by atoms with E-state index in [2.05, 4.69) is 5.32 Å². The highest BCUT2D eigenvalue weighted by atomic mass is 16.5. The highest BCUT2D eigenvalue weighted by molar-refractivity contribution is 5.92. The summed E-state index contributed by atoms with van der Waals surface area (Å²) in [7, 11) is 1.50. The predicted octanol–water partition coefficient (Wildman–Crippen LogP) is 2.83. The molecule has 1 unspecified atom stereocenters. The number of carbonyl (C=O) groups excluding carboxylic acids is 1. The van der Waals surface area contributed by atoms with E-state index in [9.17, 15) is 9.90 Å². The largest absolute Gasteiger partial charge is 0.504 e. The first kappa shape index (κ1) is 15.9. The zero-order chi connectivity index (χ0) is 16.3. The number of carbonyl (C=O) groups is 1. The summed E-state index contributed by atoms with van der Waals surface area (Å²) in [5.74, 6) is -0.134. The lowest BCUT2D eigenvalue weighted by Gasteiger charge is -2.26. The van der Waals surface area contributed by atoms with Crippen molar-refractivity contribution < 1.29 is 19.4 Å². The number of benzene rings is 1. The number of phenolic OH excluding ortho intramolecular Hbond substituents is 1. The van der Waals surface area contributed by atoms with Gasteiger partial charge in [0.1, 0.15) is 0 Å². The van der Waals surface area contributed by atoms with Crippen molar-refractivity contribution >= 4 is 5.97 Å². The summed E-state index contributed by atoms with van der Waals surface area (Å²) in [4.78, 5) is 12.3. The van der Waals surface area contributed by atoms with Crippen molar-refractivity contribution in [2.24, 2.45) is 0 Å². The maximum atomic E-state index is 12.3. The van der Waals surface area contributed by atoms with Gasteiger partial charge in [0.15, 0.2) is 11.5 Å². The number of hydrogen-bond acceptors (Lipinski definition) is 5. The summed E-state index contributed by atoms with van der Waals surface area (Å²) >= 11 is 0. The Morgan fingerprint density at radius 3 is 2.73 bits per heavy atom. The van der Waals surface area contributed by atoms with Crippen LogP contribution in [0.15, 0.2) is 41.2 Å². The van der Waals surface area contributed by atoms with Crippen molar-refractivity contribution in [3.8, 4) is 11.5 Å². The Hall–Kier alpha value is -2.43. The van der Waals surface area contributed by atoms with Crippen LogP contribution < -0.4 is 10.1 Å². The number of rotatable bonds is 4. The van der Waals surface area contributed by atoms with E-state index in [1.165, 1.54) is 7.11 Å². The molecule has 1 aliphatic rings. The van der Waals surface area contributed by atoms with Crippen molar-refractivity contribution in [3.05, 3.63) is 46.8 Å². The Bertz CT molecular complexity index is 646. The number of ether oxygens (including phenoxy) is 2. The van der Waals surface area contributed by atoms with Gasteiger partial charge in [-0.15, -0.1) is 0 Å². The first-order chi connectivity index (χ1) is 10.5. The average molecular weight is 303 g/mol. The lowest BCUT2D eigenvalue weighted by Crippen LogP contribution is -2.25. The fraction of sp³-hybridized carbons (Fsp3) is 0.353. The van der Waals surface area contributed by atoms with Gasteiger partial charge in [-0.1, -0.05) is 12.1 Å². The van der Waals surface area contributed by atoms with Gasteiger partial charge in [0.2, 0.25) is 0 Å². The first-order valence-electron chi connectivity index (χ1n) is 7.18. The van der Waals surface area contributed by atoms with Crippen LogP contribution in [-0.2, 0) is 9.53 Å². The Labute approximate surface area is 130 Å². The molecule has 118 valence electrons. The van der Waals surface area contributed by atoms with E-state index >= 15 is 0 Å². The van der Waals surface area contributed by atoms with Gasteiger partial charge < -0.3 is 19.9 Å². The molecule has 0 spiro atoms. The summed E-state index contributed by atoms with van der Waals surface area (Å²) in [5, 5.41) is 12.9. The normalized spacial score (nSPS) is 17.6. The van der Waals surface area contributed by atoms with Gasteiger partial charge in [0, 0.05) is 17.3 Å². The zero-order valence-corrected chi connectivity index (χ0v) is 13.3. The monoisotopic (exact) mass is 303 g/mol. The molecule has 1 aromatic rings. The second-order valence-electron chi connectivity index (χ2n) is 5.14. The minimum absolute atomic E-state index is 0.0688. The molecule has 1 heterocycles. The van der Waals surface area contributed by atoms with Crippen LogP contribution in [0.5, 0.6) is 11.5 Å². The van der Waals surface area contributed by atoms with Gasteiger partial charge >= 0.3 is 5.97 Å². The first-order valence-corrected chi connectivity index (χ1v) is 7.18. The van der Waals surface area contributed by atoms with Gasteiger partial charge in [-0.05, 0) is 38.5 Å². The van der Waals surface area contributed by atoms with Crippen LogP contribution >= 0.6 is 0 Å². The number of aromatic hydroxyl groups is 1. The molecule has 2 rings (SSSR count). The molecule has 1 aliphatic heterocycles. The van der Waals surface area contributed by atoms with E-state index in [0.717, 1.165) is 17.0 Å². The van der Waals surface area contributed by atoms with Crippen molar-refractivity contribution in [2.75, 3.05) is 13.7 Å². The topological polar surface area (TPSA) is 67.8 Å². The number of nitrogens with one attached hydrogen (secondary N) is 1. The number of esters is 1. The van der Waals surface area contributed by atoms with Crippen LogP contribution in [-0.4, -0.2) is 24.8 Å². The molecule has 0 aliphatic carbocycles. The van der Waals surface area contributed by atoms with Crippen molar-refractivity contribution in [1.29, 1.82) is 0 Å². The minimum Gasteiger partial charge on any atom is -0.504 e. The molecule has 22 heavy (non-hydrogen) atoms. The number of methoxy groups -OCH3 is 1. The van der Waals surface area contributed by atoms with Gasteiger partial charge in [0.05, 0.1) is 19.3 Å². The third-order valence-corrected chi connectivity index (χ3v) is 3.57. The number of phenols is 1. The molecule has 0 saturated heterocycles.